The summed E-state index contributed by atoms with van der Waals surface area (Å²) < 4.78 is 21.5. The Bertz CT molecular complexity index is 1210. The maximum Gasteiger partial charge on any atom is 0.354 e. The number of ether oxygens (including phenoxy) is 1. The molecule has 3 aromatic rings. The first-order chi connectivity index (χ1) is 16.6. The minimum absolute atomic E-state index is 0.0746. The summed E-state index contributed by atoms with van der Waals surface area (Å²) in [7, 11) is 0. The van der Waals surface area contributed by atoms with E-state index in [1.807, 2.05) is 0 Å². The zero-order valence-corrected chi connectivity index (χ0v) is 19.1. The van der Waals surface area contributed by atoms with Crippen LogP contribution in [-0.2, 0) is 0 Å². The van der Waals surface area contributed by atoms with Crippen molar-refractivity contribution in [1.82, 2.24) is 19.7 Å². The highest BCUT2D eigenvalue weighted by Crippen LogP contribution is 2.42. The molecule has 34 heavy (non-hydrogen) atoms. The molecular formula is C26H29FN4O3. The fourth-order valence-corrected chi connectivity index (χ4v) is 5.19. The maximum atomic E-state index is 13.6. The lowest BCUT2D eigenvalue weighted by Crippen LogP contribution is -2.36. The number of piperidine rings is 1. The quantitative estimate of drug-likeness (QED) is 0.542. The SMILES string of the molecule is O=C(O)c1cc(OCC2CCN(C3CC3)CC2)c2c(C3CCC3)nn(-c3ccc(F)cc3)c2n1. The molecule has 0 unspecified atom stereocenters. The number of hydrogen-bond acceptors (Lipinski definition) is 5. The molecule has 1 saturated heterocycles. The summed E-state index contributed by atoms with van der Waals surface area (Å²) in [5.74, 6) is -0.157. The van der Waals surface area contributed by atoms with Crippen molar-refractivity contribution in [2.75, 3.05) is 19.7 Å². The number of aromatic carboxylic acids is 1. The Morgan fingerprint density at radius 3 is 2.44 bits per heavy atom. The number of carboxylic acid groups (broad SMARTS) is 1. The molecule has 0 atom stereocenters. The zero-order chi connectivity index (χ0) is 23.2. The van der Waals surface area contributed by atoms with Crippen LogP contribution in [0, 0.1) is 11.7 Å². The van der Waals surface area contributed by atoms with Gasteiger partial charge in [-0.3, -0.25) is 0 Å². The molecule has 0 spiro atoms. The van der Waals surface area contributed by atoms with Gasteiger partial charge in [0.25, 0.3) is 0 Å². The van der Waals surface area contributed by atoms with Crippen LogP contribution in [0.1, 0.15) is 67.0 Å². The molecule has 8 heteroatoms. The van der Waals surface area contributed by atoms with E-state index >= 15 is 0 Å². The van der Waals surface area contributed by atoms with Gasteiger partial charge in [0.2, 0.25) is 0 Å². The van der Waals surface area contributed by atoms with Gasteiger partial charge in [-0.05, 0) is 81.8 Å². The Balaban J connectivity index is 1.36. The lowest BCUT2D eigenvalue weighted by atomic mass is 9.82. The van der Waals surface area contributed by atoms with Crippen LogP contribution < -0.4 is 4.74 Å². The molecule has 3 fully saturated rings. The van der Waals surface area contributed by atoms with Crippen molar-refractivity contribution in [3.8, 4) is 11.4 Å². The monoisotopic (exact) mass is 464 g/mol. The Morgan fingerprint density at radius 1 is 1.09 bits per heavy atom. The third-order valence-electron chi connectivity index (χ3n) is 7.60. The number of carbonyl (C=O) groups is 1. The number of carboxylic acids is 1. The molecule has 0 radical (unpaired) electrons. The second-order valence-corrected chi connectivity index (χ2v) is 9.93. The summed E-state index contributed by atoms with van der Waals surface area (Å²) in [6.45, 7) is 2.78. The first-order valence-electron chi connectivity index (χ1n) is 12.4. The average molecular weight is 465 g/mol. The minimum atomic E-state index is -1.11. The molecule has 1 N–H and O–H groups in total. The molecule has 2 saturated carbocycles. The van der Waals surface area contributed by atoms with Crippen molar-refractivity contribution < 1.29 is 19.0 Å². The second-order valence-electron chi connectivity index (χ2n) is 9.93. The molecule has 1 aromatic carbocycles. The standard InChI is InChI=1S/C26H29FN4O3/c27-18-4-6-20(7-5-18)31-25-23(24(29-31)17-2-1-3-17)22(14-21(28-25)26(32)33)34-15-16-10-12-30(13-11-16)19-8-9-19/h4-7,14,16-17,19H,1-3,8-13,15H2,(H,32,33). The van der Waals surface area contributed by atoms with E-state index in [9.17, 15) is 14.3 Å². The number of aromatic nitrogens is 3. The van der Waals surface area contributed by atoms with E-state index in [1.165, 1.54) is 25.0 Å². The third-order valence-corrected chi connectivity index (χ3v) is 7.60. The van der Waals surface area contributed by atoms with E-state index in [4.69, 9.17) is 9.84 Å². The normalized spacial score (nSPS) is 19.9. The lowest BCUT2D eigenvalue weighted by Gasteiger charge is -2.32. The summed E-state index contributed by atoms with van der Waals surface area (Å²) in [4.78, 5) is 18.9. The number of likely N-dealkylation sites (tertiary alicyclic amines) is 1. The Kier molecular flexibility index (Phi) is 5.48. The Morgan fingerprint density at radius 2 is 1.82 bits per heavy atom. The Labute approximate surface area is 197 Å². The van der Waals surface area contributed by atoms with Crippen LogP contribution in [0.3, 0.4) is 0 Å². The predicted molar refractivity (Wildman–Crippen MR) is 125 cm³/mol. The summed E-state index contributed by atoms with van der Waals surface area (Å²) >= 11 is 0. The highest BCUT2D eigenvalue weighted by molar-refractivity contribution is 5.94. The molecular weight excluding hydrogens is 435 g/mol. The summed E-state index contributed by atoms with van der Waals surface area (Å²) in [5.41, 5.74) is 1.92. The fourth-order valence-electron chi connectivity index (χ4n) is 5.19. The molecule has 3 aliphatic rings. The van der Waals surface area contributed by atoms with Gasteiger partial charge in [0.05, 0.1) is 23.4 Å². The van der Waals surface area contributed by atoms with Gasteiger partial charge >= 0.3 is 5.97 Å². The van der Waals surface area contributed by atoms with Crippen molar-refractivity contribution >= 4 is 17.0 Å². The topological polar surface area (TPSA) is 80.5 Å². The molecule has 178 valence electrons. The van der Waals surface area contributed by atoms with E-state index in [1.54, 1.807) is 22.9 Å². The van der Waals surface area contributed by atoms with E-state index in [2.05, 4.69) is 9.88 Å². The van der Waals surface area contributed by atoms with E-state index < -0.39 is 5.97 Å². The van der Waals surface area contributed by atoms with Gasteiger partial charge < -0.3 is 14.7 Å². The molecule has 0 bridgehead atoms. The predicted octanol–water partition coefficient (Wildman–Crippen LogP) is 4.78. The van der Waals surface area contributed by atoms with Gasteiger partial charge in [-0.25, -0.2) is 18.9 Å². The van der Waals surface area contributed by atoms with Gasteiger partial charge in [0.15, 0.2) is 11.3 Å². The number of benzene rings is 1. The van der Waals surface area contributed by atoms with Crippen LogP contribution in [-0.4, -0.2) is 56.5 Å². The fraction of sp³-hybridized carbons (Fsp3) is 0.500. The molecule has 1 aliphatic heterocycles. The molecule has 7 nitrogen and oxygen atoms in total. The maximum absolute atomic E-state index is 13.6. The van der Waals surface area contributed by atoms with E-state index in [0.29, 0.717) is 35.5 Å². The highest BCUT2D eigenvalue weighted by atomic mass is 19.1. The number of hydrogen-bond donors (Lipinski definition) is 1. The second kappa shape index (κ2) is 8.65. The number of fused-ring (bicyclic) bond motifs is 1. The summed E-state index contributed by atoms with van der Waals surface area (Å²) in [6, 6.07) is 8.35. The van der Waals surface area contributed by atoms with Crippen LogP contribution in [0.4, 0.5) is 4.39 Å². The van der Waals surface area contributed by atoms with Crippen molar-refractivity contribution in [2.24, 2.45) is 5.92 Å². The van der Waals surface area contributed by atoms with Crippen molar-refractivity contribution in [1.29, 1.82) is 0 Å². The van der Waals surface area contributed by atoms with Crippen molar-refractivity contribution in [3.63, 3.8) is 0 Å². The molecule has 6 rings (SSSR count). The van der Waals surface area contributed by atoms with Crippen LogP contribution >= 0.6 is 0 Å². The minimum Gasteiger partial charge on any atom is -0.492 e. The molecule has 0 amide bonds. The van der Waals surface area contributed by atoms with Crippen molar-refractivity contribution in [3.05, 3.63) is 47.5 Å². The number of nitrogens with zero attached hydrogens (tertiary/aromatic N) is 4. The van der Waals surface area contributed by atoms with E-state index in [-0.39, 0.29) is 11.5 Å². The molecule has 2 aromatic heterocycles. The molecule has 2 aliphatic carbocycles. The first-order valence-corrected chi connectivity index (χ1v) is 12.4. The van der Waals surface area contributed by atoms with Crippen LogP contribution in [0.2, 0.25) is 0 Å². The van der Waals surface area contributed by atoms with Crippen LogP contribution in [0.5, 0.6) is 5.75 Å². The third kappa shape index (κ3) is 4.04. The van der Waals surface area contributed by atoms with Gasteiger partial charge in [0, 0.05) is 18.0 Å². The lowest BCUT2D eigenvalue weighted by molar-refractivity contribution is 0.0690. The van der Waals surface area contributed by atoms with Crippen LogP contribution in [0.25, 0.3) is 16.7 Å². The summed E-state index contributed by atoms with van der Waals surface area (Å²) in [6.07, 6.45) is 8.07. The Hall–Kier alpha value is -3.00. The largest absolute Gasteiger partial charge is 0.492 e. The molecule has 3 heterocycles. The van der Waals surface area contributed by atoms with Gasteiger partial charge in [-0.1, -0.05) is 6.42 Å². The van der Waals surface area contributed by atoms with Crippen LogP contribution in [0.15, 0.2) is 30.3 Å². The van der Waals surface area contributed by atoms with Gasteiger partial charge in [0.1, 0.15) is 11.6 Å². The van der Waals surface area contributed by atoms with Gasteiger partial charge in [-0.2, -0.15) is 5.10 Å². The number of halogens is 1. The first kappa shape index (κ1) is 21.5. The zero-order valence-electron chi connectivity index (χ0n) is 19.1. The summed E-state index contributed by atoms with van der Waals surface area (Å²) in [5, 5.41) is 15.4. The average Bonchev–Trinajstić information content (AvgIpc) is 3.59. The van der Waals surface area contributed by atoms with Crippen molar-refractivity contribution in [2.45, 2.75) is 56.9 Å². The number of rotatable bonds is 7. The smallest absolute Gasteiger partial charge is 0.354 e. The van der Waals surface area contributed by atoms with E-state index in [0.717, 1.165) is 62.3 Å². The highest BCUT2D eigenvalue weighted by Gasteiger charge is 2.33. The number of pyridine rings is 1. The van der Waals surface area contributed by atoms with Gasteiger partial charge in [-0.15, -0.1) is 0 Å².